The van der Waals surface area contributed by atoms with E-state index in [1.807, 2.05) is 0 Å². The van der Waals surface area contributed by atoms with Crippen molar-refractivity contribution < 1.29 is 14.0 Å². The second kappa shape index (κ2) is 2.48. The zero-order chi connectivity index (χ0) is 8.55. The minimum atomic E-state index is -0.232. The van der Waals surface area contributed by atoms with Gasteiger partial charge in [0.25, 0.3) is 5.91 Å². The molecule has 0 fully saturated rings. The van der Waals surface area contributed by atoms with Gasteiger partial charge in [0, 0.05) is 13.0 Å². The van der Waals surface area contributed by atoms with Crippen LogP contribution in [0.25, 0.3) is 0 Å². The van der Waals surface area contributed by atoms with Gasteiger partial charge in [-0.25, -0.2) is 0 Å². The summed E-state index contributed by atoms with van der Waals surface area (Å²) in [6.07, 6.45) is 1.67. The van der Waals surface area contributed by atoms with Gasteiger partial charge in [-0.05, 0) is 6.07 Å². The van der Waals surface area contributed by atoms with Crippen LogP contribution in [-0.2, 0) is 0 Å². The van der Waals surface area contributed by atoms with Crippen molar-refractivity contribution in [2.24, 2.45) is 0 Å². The van der Waals surface area contributed by atoms with E-state index in [0.717, 1.165) is 0 Å². The van der Waals surface area contributed by atoms with Crippen LogP contribution in [0.15, 0.2) is 16.7 Å². The Morgan fingerprint density at radius 2 is 2.25 bits per heavy atom. The normalized spacial score (nSPS) is 16.7. The summed E-state index contributed by atoms with van der Waals surface area (Å²) in [7, 11) is 0. The first kappa shape index (κ1) is 7.09. The monoisotopic (exact) mass is 165 g/mol. The van der Waals surface area contributed by atoms with E-state index in [1.165, 1.54) is 12.3 Å². The number of nitrogens with one attached hydrogen (secondary N) is 1. The van der Waals surface area contributed by atoms with Crippen LogP contribution in [0.3, 0.4) is 0 Å². The van der Waals surface area contributed by atoms with E-state index in [4.69, 9.17) is 4.42 Å². The maximum absolute atomic E-state index is 11.2. The van der Waals surface area contributed by atoms with E-state index in [1.54, 1.807) is 0 Å². The van der Waals surface area contributed by atoms with Gasteiger partial charge in [0.2, 0.25) is 5.78 Å². The van der Waals surface area contributed by atoms with Gasteiger partial charge in [-0.1, -0.05) is 0 Å². The van der Waals surface area contributed by atoms with Crippen molar-refractivity contribution in [2.45, 2.75) is 6.42 Å². The molecule has 1 aliphatic heterocycles. The topological polar surface area (TPSA) is 59.3 Å². The predicted molar refractivity (Wildman–Crippen MR) is 40.0 cm³/mol. The number of Topliss-reactive ketones (excluding diaryl/α,β-unsaturated/α-hetero) is 1. The summed E-state index contributed by atoms with van der Waals surface area (Å²) in [6.45, 7) is 0.391. The van der Waals surface area contributed by atoms with Gasteiger partial charge in [-0.2, -0.15) is 0 Å². The molecular weight excluding hydrogens is 158 g/mol. The molecule has 1 aliphatic rings. The van der Waals surface area contributed by atoms with Gasteiger partial charge in [0.05, 0.1) is 11.8 Å². The third kappa shape index (κ3) is 0.922. The van der Waals surface area contributed by atoms with Crippen molar-refractivity contribution in [3.63, 3.8) is 0 Å². The highest BCUT2D eigenvalue weighted by atomic mass is 16.3. The lowest BCUT2D eigenvalue weighted by atomic mass is 10.2. The molecule has 0 saturated heterocycles. The minimum Gasteiger partial charge on any atom is -0.460 e. The Morgan fingerprint density at radius 1 is 1.42 bits per heavy atom. The van der Waals surface area contributed by atoms with Crippen LogP contribution < -0.4 is 5.32 Å². The van der Waals surface area contributed by atoms with Crippen LogP contribution in [0.5, 0.6) is 0 Å². The molecule has 12 heavy (non-hydrogen) atoms. The van der Waals surface area contributed by atoms with Gasteiger partial charge in [0.15, 0.2) is 5.76 Å². The number of carbonyl (C=O) groups is 2. The molecular formula is C8H7NO3. The van der Waals surface area contributed by atoms with Crippen LogP contribution in [0.4, 0.5) is 0 Å². The first-order valence-electron chi connectivity index (χ1n) is 3.68. The molecule has 1 aromatic heterocycles. The Kier molecular flexibility index (Phi) is 1.46. The first-order valence-corrected chi connectivity index (χ1v) is 3.68. The maximum atomic E-state index is 11.2. The van der Waals surface area contributed by atoms with E-state index >= 15 is 0 Å². The fraction of sp³-hybridized carbons (Fsp3) is 0.250. The summed E-state index contributed by atoms with van der Waals surface area (Å²) < 4.78 is 4.91. The number of amides is 1. The fourth-order valence-electron chi connectivity index (χ4n) is 1.20. The van der Waals surface area contributed by atoms with Gasteiger partial charge >= 0.3 is 0 Å². The molecule has 0 bridgehead atoms. The molecule has 0 unspecified atom stereocenters. The van der Waals surface area contributed by atoms with E-state index in [-0.39, 0.29) is 17.5 Å². The first-order chi connectivity index (χ1) is 5.79. The highest BCUT2D eigenvalue weighted by molar-refractivity contribution is 6.07. The number of furan rings is 1. The molecule has 1 N–H and O–H groups in total. The molecule has 4 heteroatoms. The van der Waals surface area contributed by atoms with Gasteiger partial charge in [-0.3, -0.25) is 9.59 Å². The summed E-state index contributed by atoms with van der Waals surface area (Å²) in [4.78, 5) is 22.4. The number of carbonyl (C=O) groups excluding carboxylic acids is 2. The molecule has 1 amide bonds. The average molecular weight is 165 g/mol. The predicted octanol–water partition coefficient (Wildman–Crippen LogP) is 0.596. The summed E-state index contributed by atoms with van der Waals surface area (Å²) in [5.74, 6) is -0.164. The van der Waals surface area contributed by atoms with Crippen LogP contribution in [0.1, 0.15) is 27.3 Å². The molecule has 62 valence electrons. The number of rotatable bonds is 0. The summed E-state index contributed by atoms with van der Waals surface area (Å²) in [5.41, 5.74) is 0.345. The standard InChI is InChI=1S/C8H7NO3/c10-6-1-3-9-8(11)5-2-4-12-7(5)6/h2,4H,1,3H2,(H,9,11). The van der Waals surface area contributed by atoms with Crippen molar-refractivity contribution in [1.82, 2.24) is 5.32 Å². The third-order valence-electron chi connectivity index (χ3n) is 1.80. The van der Waals surface area contributed by atoms with Crippen LogP contribution in [0, 0.1) is 0 Å². The van der Waals surface area contributed by atoms with Crippen LogP contribution in [-0.4, -0.2) is 18.2 Å². The zero-order valence-corrected chi connectivity index (χ0v) is 6.29. The molecule has 0 radical (unpaired) electrons. The lowest BCUT2D eigenvalue weighted by molar-refractivity contribution is 0.0953. The molecule has 0 aromatic carbocycles. The zero-order valence-electron chi connectivity index (χ0n) is 6.29. The van der Waals surface area contributed by atoms with E-state index in [9.17, 15) is 9.59 Å². The van der Waals surface area contributed by atoms with Crippen molar-refractivity contribution in [3.8, 4) is 0 Å². The lowest BCUT2D eigenvalue weighted by Gasteiger charge is -1.94. The van der Waals surface area contributed by atoms with E-state index in [0.29, 0.717) is 18.5 Å². The molecule has 2 heterocycles. The minimum absolute atomic E-state index is 0.117. The third-order valence-corrected chi connectivity index (χ3v) is 1.80. The average Bonchev–Trinajstić information content (AvgIpc) is 2.47. The summed E-state index contributed by atoms with van der Waals surface area (Å²) in [5, 5.41) is 2.60. The van der Waals surface area contributed by atoms with Crippen molar-refractivity contribution >= 4 is 11.7 Å². The Balaban J connectivity index is 2.52. The molecule has 0 aliphatic carbocycles. The molecule has 0 saturated carbocycles. The Labute approximate surface area is 68.6 Å². The van der Waals surface area contributed by atoms with E-state index < -0.39 is 0 Å². The largest absolute Gasteiger partial charge is 0.460 e. The quantitative estimate of drug-likeness (QED) is 0.612. The second-order valence-electron chi connectivity index (χ2n) is 2.59. The molecule has 1 aromatic rings. The number of hydrogen-bond acceptors (Lipinski definition) is 3. The summed E-state index contributed by atoms with van der Waals surface area (Å²) >= 11 is 0. The van der Waals surface area contributed by atoms with Gasteiger partial charge in [0.1, 0.15) is 0 Å². The van der Waals surface area contributed by atoms with Crippen molar-refractivity contribution in [3.05, 3.63) is 23.7 Å². The molecule has 0 atom stereocenters. The Bertz CT molecular complexity index is 309. The van der Waals surface area contributed by atoms with Crippen molar-refractivity contribution in [1.29, 1.82) is 0 Å². The Morgan fingerprint density at radius 3 is 3.08 bits per heavy atom. The van der Waals surface area contributed by atoms with Crippen LogP contribution in [0.2, 0.25) is 0 Å². The molecule has 0 spiro atoms. The second-order valence-corrected chi connectivity index (χ2v) is 2.59. The fourth-order valence-corrected chi connectivity index (χ4v) is 1.20. The number of fused-ring (bicyclic) bond motifs is 1. The Hall–Kier alpha value is -1.58. The van der Waals surface area contributed by atoms with Gasteiger partial charge in [-0.15, -0.1) is 0 Å². The molecule has 4 nitrogen and oxygen atoms in total. The highest BCUT2D eigenvalue weighted by Gasteiger charge is 2.23. The number of ketones is 1. The number of hydrogen-bond donors (Lipinski definition) is 1. The molecule has 2 rings (SSSR count). The maximum Gasteiger partial charge on any atom is 0.255 e. The SMILES string of the molecule is O=C1NCCC(=O)c2occc21. The van der Waals surface area contributed by atoms with E-state index in [2.05, 4.69) is 5.32 Å². The lowest BCUT2D eigenvalue weighted by Crippen LogP contribution is -2.22. The smallest absolute Gasteiger partial charge is 0.255 e. The van der Waals surface area contributed by atoms with Gasteiger partial charge < -0.3 is 9.73 Å². The highest BCUT2D eigenvalue weighted by Crippen LogP contribution is 2.14. The van der Waals surface area contributed by atoms with Crippen LogP contribution >= 0.6 is 0 Å². The summed E-state index contributed by atoms with van der Waals surface area (Å²) in [6, 6.07) is 1.51. The van der Waals surface area contributed by atoms with Crippen molar-refractivity contribution in [2.75, 3.05) is 6.54 Å².